The monoisotopic (exact) mass is 394 g/mol. The number of nitrogens with one attached hydrogen (secondary N) is 1. The molecule has 0 bridgehead atoms. The summed E-state index contributed by atoms with van der Waals surface area (Å²) < 4.78 is 10.9. The van der Waals surface area contributed by atoms with Crippen LogP contribution in [-0.2, 0) is 9.47 Å². The average molecular weight is 394 g/mol. The third-order valence-electron chi connectivity index (χ3n) is 5.20. The van der Waals surface area contributed by atoms with E-state index in [1.165, 1.54) is 22.3 Å². The van der Waals surface area contributed by atoms with E-state index in [1.807, 2.05) is 45.0 Å². The molecule has 0 unspecified atom stereocenters. The van der Waals surface area contributed by atoms with Crippen LogP contribution in [0.4, 0.5) is 9.59 Å². The molecule has 1 heterocycles. The molecule has 2 aliphatic rings. The first kappa shape index (κ1) is 19.3. The van der Waals surface area contributed by atoms with Crippen LogP contribution in [-0.4, -0.2) is 48.4 Å². The number of rotatable bonds is 3. The third kappa shape index (κ3) is 4.06. The molecule has 1 saturated heterocycles. The van der Waals surface area contributed by atoms with Gasteiger partial charge in [0.05, 0.1) is 6.04 Å². The number of alkyl carbamates (subject to hydrolysis) is 1. The maximum Gasteiger partial charge on any atom is 0.410 e. The van der Waals surface area contributed by atoms with Crippen LogP contribution in [0.3, 0.4) is 0 Å². The fraction of sp³-hybridized carbons (Fsp3) is 0.391. The third-order valence-corrected chi connectivity index (χ3v) is 5.20. The standard InChI is InChI=1S/C23H26N2O4/c1-23(2,3)29-22(27)25-12-15(13-25)24-21(26)28-14-20-18-10-6-4-8-16(18)17-9-5-7-11-19(17)20/h4-11,15,20H,12-14H2,1-3H3,(H,24,26). The number of ether oxygens (including phenoxy) is 2. The van der Waals surface area contributed by atoms with Gasteiger partial charge >= 0.3 is 12.2 Å². The lowest BCUT2D eigenvalue weighted by molar-refractivity contribution is 0.00488. The van der Waals surface area contributed by atoms with Crippen molar-refractivity contribution in [2.75, 3.05) is 19.7 Å². The van der Waals surface area contributed by atoms with Crippen LogP contribution >= 0.6 is 0 Å². The molecule has 2 aromatic rings. The molecule has 1 aliphatic heterocycles. The molecule has 1 N–H and O–H groups in total. The molecule has 1 aliphatic carbocycles. The van der Waals surface area contributed by atoms with Crippen LogP contribution in [0.25, 0.3) is 11.1 Å². The van der Waals surface area contributed by atoms with Crippen molar-refractivity contribution in [3.05, 3.63) is 59.7 Å². The topological polar surface area (TPSA) is 67.9 Å². The van der Waals surface area contributed by atoms with Crippen molar-refractivity contribution in [2.24, 2.45) is 0 Å². The Hall–Kier alpha value is -3.02. The van der Waals surface area contributed by atoms with Crippen molar-refractivity contribution in [3.8, 4) is 11.1 Å². The number of amides is 2. The summed E-state index contributed by atoms with van der Waals surface area (Å²) in [5.41, 5.74) is 4.23. The number of fused-ring (bicyclic) bond motifs is 3. The first-order valence-corrected chi connectivity index (χ1v) is 9.91. The largest absolute Gasteiger partial charge is 0.449 e. The zero-order chi connectivity index (χ0) is 20.6. The van der Waals surface area contributed by atoms with Crippen molar-refractivity contribution in [3.63, 3.8) is 0 Å². The van der Waals surface area contributed by atoms with Gasteiger partial charge in [-0.15, -0.1) is 0 Å². The first-order chi connectivity index (χ1) is 13.8. The number of carbonyl (C=O) groups excluding carboxylic acids is 2. The molecular formula is C23H26N2O4. The summed E-state index contributed by atoms with van der Waals surface area (Å²) in [6.07, 6.45) is -0.816. The van der Waals surface area contributed by atoms with Gasteiger partial charge in [0.2, 0.25) is 0 Å². The summed E-state index contributed by atoms with van der Waals surface area (Å²) in [4.78, 5) is 25.8. The van der Waals surface area contributed by atoms with Crippen LogP contribution in [0.2, 0.25) is 0 Å². The van der Waals surface area contributed by atoms with E-state index < -0.39 is 11.7 Å². The molecule has 0 aromatic heterocycles. The molecule has 4 rings (SSSR count). The maximum absolute atomic E-state index is 12.3. The zero-order valence-corrected chi connectivity index (χ0v) is 17.0. The Morgan fingerprint density at radius 1 is 1.00 bits per heavy atom. The minimum atomic E-state index is -0.525. The van der Waals surface area contributed by atoms with E-state index in [1.54, 1.807) is 4.90 Å². The Bertz CT molecular complexity index is 883. The average Bonchev–Trinajstić information content (AvgIpc) is 2.95. The number of benzene rings is 2. The van der Waals surface area contributed by atoms with Crippen molar-refractivity contribution >= 4 is 12.2 Å². The van der Waals surface area contributed by atoms with Gasteiger partial charge in [0.25, 0.3) is 0 Å². The summed E-state index contributed by atoms with van der Waals surface area (Å²) in [6, 6.07) is 16.4. The molecule has 6 heteroatoms. The fourth-order valence-corrected chi connectivity index (χ4v) is 3.85. The van der Waals surface area contributed by atoms with E-state index in [2.05, 4.69) is 29.6 Å². The Morgan fingerprint density at radius 3 is 2.10 bits per heavy atom. The van der Waals surface area contributed by atoms with E-state index in [0.29, 0.717) is 13.1 Å². The van der Waals surface area contributed by atoms with Crippen LogP contribution in [0.5, 0.6) is 0 Å². The summed E-state index contributed by atoms with van der Waals surface area (Å²) >= 11 is 0. The van der Waals surface area contributed by atoms with Crippen LogP contribution in [0, 0.1) is 0 Å². The predicted molar refractivity (Wildman–Crippen MR) is 110 cm³/mol. The maximum atomic E-state index is 12.3. The smallest absolute Gasteiger partial charge is 0.410 e. The number of carbonyl (C=O) groups is 2. The van der Waals surface area contributed by atoms with Crippen LogP contribution < -0.4 is 5.32 Å². The van der Waals surface area contributed by atoms with Gasteiger partial charge in [-0.2, -0.15) is 0 Å². The van der Waals surface area contributed by atoms with Gasteiger partial charge in [-0.3, -0.25) is 0 Å². The minimum Gasteiger partial charge on any atom is -0.449 e. The number of nitrogens with zero attached hydrogens (tertiary/aromatic N) is 1. The van der Waals surface area contributed by atoms with Crippen LogP contribution in [0.15, 0.2) is 48.5 Å². The Morgan fingerprint density at radius 2 is 1.55 bits per heavy atom. The van der Waals surface area contributed by atoms with E-state index in [9.17, 15) is 9.59 Å². The Kier molecular flexibility index (Phi) is 4.94. The molecule has 29 heavy (non-hydrogen) atoms. The Labute approximate surface area is 170 Å². The first-order valence-electron chi connectivity index (χ1n) is 9.91. The lowest BCUT2D eigenvalue weighted by atomic mass is 9.98. The minimum absolute atomic E-state index is 0.0350. The van der Waals surface area contributed by atoms with E-state index in [-0.39, 0.29) is 24.7 Å². The van der Waals surface area contributed by atoms with Gasteiger partial charge in [0.1, 0.15) is 12.2 Å². The predicted octanol–water partition coefficient (Wildman–Crippen LogP) is 4.14. The molecule has 0 spiro atoms. The molecule has 152 valence electrons. The van der Waals surface area contributed by atoms with E-state index >= 15 is 0 Å². The summed E-state index contributed by atoms with van der Waals surface area (Å²) in [5.74, 6) is 0.0350. The van der Waals surface area contributed by atoms with Crippen molar-refractivity contribution in [2.45, 2.75) is 38.3 Å². The van der Waals surface area contributed by atoms with Gasteiger partial charge in [0, 0.05) is 19.0 Å². The molecule has 1 fully saturated rings. The highest BCUT2D eigenvalue weighted by Crippen LogP contribution is 2.44. The number of likely N-dealkylation sites (tertiary alicyclic amines) is 1. The quantitative estimate of drug-likeness (QED) is 0.849. The highest BCUT2D eigenvalue weighted by molar-refractivity contribution is 5.79. The summed E-state index contributed by atoms with van der Waals surface area (Å²) in [7, 11) is 0. The van der Waals surface area contributed by atoms with Crippen molar-refractivity contribution in [1.82, 2.24) is 10.2 Å². The van der Waals surface area contributed by atoms with Crippen molar-refractivity contribution in [1.29, 1.82) is 0 Å². The summed E-state index contributed by atoms with van der Waals surface area (Å²) in [5, 5.41) is 2.83. The summed E-state index contributed by atoms with van der Waals surface area (Å²) in [6.45, 7) is 6.63. The zero-order valence-electron chi connectivity index (χ0n) is 17.0. The molecule has 2 aromatic carbocycles. The molecule has 0 radical (unpaired) electrons. The normalized spacial score (nSPS) is 15.9. The second kappa shape index (κ2) is 7.43. The molecule has 6 nitrogen and oxygen atoms in total. The highest BCUT2D eigenvalue weighted by Gasteiger charge is 2.35. The van der Waals surface area contributed by atoms with E-state index in [4.69, 9.17) is 9.47 Å². The van der Waals surface area contributed by atoms with Gasteiger partial charge < -0.3 is 19.7 Å². The molecule has 2 amide bonds. The molecule has 0 atom stereocenters. The second-order valence-electron chi connectivity index (χ2n) is 8.55. The van der Waals surface area contributed by atoms with Gasteiger partial charge in [-0.1, -0.05) is 48.5 Å². The van der Waals surface area contributed by atoms with Gasteiger partial charge in [-0.25, -0.2) is 9.59 Å². The SMILES string of the molecule is CC(C)(C)OC(=O)N1CC(NC(=O)OCC2c3ccccc3-c3ccccc32)C1. The lowest BCUT2D eigenvalue weighted by Gasteiger charge is -2.39. The second-order valence-corrected chi connectivity index (χ2v) is 8.55. The Balaban J connectivity index is 1.30. The number of hydrogen-bond donors (Lipinski definition) is 1. The lowest BCUT2D eigenvalue weighted by Crippen LogP contribution is -2.61. The molecule has 0 saturated carbocycles. The highest BCUT2D eigenvalue weighted by atomic mass is 16.6. The van der Waals surface area contributed by atoms with E-state index in [0.717, 1.165) is 0 Å². The van der Waals surface area contributed by atoms with Crippen molar-refractivity contribution < 1.29 is 19.1 Å². The fourth-order valence-electron chi connectivity index (χ4n) is 3.85. The number of hydrogen-bond acceptors (Lipinski definition) is 4. The van der Waals surface area contributed by atoms with Gasteiger partial charge in [0.15, 0.2) is 0 Å². The van der Waals surface area contributed by atoms with Crippen LogP contribution in [0.1, 0.15) is 37.8 Å². The molecular weight excluding hydrogens is 368 g/mol. The van der Waals surface area contributed by atoms with Gasteiger partial charge in [-0.05, 0) is 43.0 Å².